The number of carbonyl (C=O) groups is 2. The Morgan fingerprint density at radius 2 is 1.16 bits per heavy atom. The molecule has 2 heterocycles. The molecule has 264 valence electrons. The summed E-state index contributed by atoms with van der Waals surface area (Å²) in [6.07, 6.45) is -5.07. The zero-order chi connectivity index (χ0) is 33.5. The first-order valence-corrected chi connectivity index (χ1v) is 16.8. The molecule has 0 aliphatic carbocycles. The lowest BCUT2D eigenvalue weighted by molar-refractivity contribution is -0.366. The summed E-state index contributed by atoms with van der Waals surface area (Å²) in [6, 6.07) is 0. The maximum atomic E-state index is 13.1. The van der Waals surface area contributed by atoms with Crippen LogP contribution >= 0.6 is 0 Å². The molecule has 0 amide bonds. The second-order valence-electron chi connectivity index (χ2n) is 12.6. The van der Waals surface area contributed by atoms with Crippen molar-refractivity contribution in [1.82, 2.24) is 0 Å². The van der Waals surface area contributed by atoms with Gasteiger partial charge in [0.05, 0.1) is 31.2 Å². The second kappa shape index (κ2) is 20.7. The summed E-state index contributed by atoms with van der Waals surface area (Å²) in [5.74, 6) is -1.67. The van der Waals surface area contributed by atoms with Crippen molar-refractivity contribution in [2.45, 2.75) is 191 Å². The Hall–Kier alpha value is -1.42. The average molecular weight is 651 g/mol. The number of esters is 1. The number of aliphatic carboxylic acids is 1. The number of hydrogen-bond donors (Lipinski definition) is 6. The van der Waals surface area contributed by atoms with Gasteiger partial charge in [-0.25, -0.2) is 0 Å². The fourth-order valence-corrected chi connectivity index (χ4v) is 5.71. The number of rotatable bonds is 21. The summed E-state index contributed by atoms with van der Waals surface area (Å²) in [5, 5.41) is 61.7. The highest BCUT2D eigenvalue weighted by Crippen LogP contribution is 2.31. The largest absolute Gasteiger partial charge is 0.481 e. The minimum atomic E-state index is -1.67. The lowest BCUT2D eigenvalue weighted by Gasteiger charge is -2.46. The van der Waals surface area contributed by atoms with Crippen LogP contribution in [0.4, 0.5) is 0 Å². The monoisotopic (exact) mass is 650 g/mol. The average Bonchev–Trinajstić information content (AvgIpc) is 2.98. The van der Waals surface area contributed by atoms with E-state index in [-0.39, 0.29) is 12.8 Å². The normalized spacial score (nSPS) is 33.4. The summed E-state index contributed by atoms with van der Waals surface area (Å²) >= 11 is 0. The fraction of sp³-hybridized carbons (Fsp3) is 0.938. The number of carboxylic acid groups (broad SMARTS) is 1. The van der Waals surface area contributed by atoms with Crippen LogP contribution in [0, 0.1) is 0 Å². The number of carbonyl (C=O) groups excluding carboxylic acids is 1. The minimum absolute atomic E-state index is 0.205. The lowest BCUT2D eigenvalue weighted by Crippen LogP contribution is -2.63. The van der Waals surface area contributed by atoms with Crippen LogP contribution in [0.5, 0.6) is 0 Å². The van der Waals surface area contributed by atoms with Crippen LogP contribution in [0.15, 0.2) is 0 Å². The van der Waals surface area contributed by atoms with Gasteiger partial charge in [0.25, 0.3) is 0 Å². The van der Waals surface area contributed by atoms with E-state index in [9.17, 15) is 40.2 Å². The van der Waals surface area contributed by atoms with E-state index in [0.29, 0.717) is 12.8 Å². The van der Waals surface area contributed by atoms with Gasteiger partial charge in [-0.1, -0.05) is 71.6 Å². The quantitative estimate of drug-likeness (QED) is 0.0782. The molecule has 2 unspecified atom stereocenters. The van der Waals surface area contributed by atoms with E-state index in [0.717, 1.165) is 64.2 Å². The molecule has 2 aliphatic heterocycles. The van der Waals surface area contributed by atoms with Crippen LogP contribution in [0.1, 0.15) is 118 Å². The van der Waals surface area contributed by atoms with E-state index in [4.69, 9.17) is 23.7 Å². The Morgan fingerprint density at radius 3 is 1.71 bits per heavy atom. The molecule has 2 saturated heterocycles. The third-order valence-corrected chi connectivity index (χ3v) is 8.56. The number of unbranched alkanes of at least 4 members (excludes halogenated alkanes) is 8. The zero-order valence-corrected chi connectivity index (χ0v) is 27.4. The van der Waals surface area contributed by atoms with Crippen LogP contribution in [0.25, 0.3) is 0 Å². The van der Waals surface area contributed by atoms with Gasteiger partial charge in [-0.15, -0.1) is 0 Å². The second-order valence-corrected chi connectivity index (χ2v) is 12.6. The third-order valence-electron chi connectivity index (χ3n) is 8.56. The van der Waals surface area contributed by atoms with E-state index >= 15 is 0 Å². The lowest BCUT2D eigenvalue weighted by atomic mass is 9.97. The summed E-state index contributed by atoms with van der Waals surface area (Å²) in [7, 11) is 0. The molecular formula is C32H58O13. The van der Waals surface area contributed by atoms with Crippen LogP contribution in [-0.4, -0.2) is 116 Å². The molecular weight excluding hydrogens is 592 g/mol. The van der Waals surface area contributed by atoms with Crippen LogP contribution < -0.4 is 0 Å². The molecule has 13 heteroatoms. The fourth-order valence-electron chi connectivity index (χ4n) is 5.71. The maximum absolute atomic E-state index is 13.1. The number of aliphatic hydroxyl groups is 5. The molecule has 0 radical (unpaired) electrons. The molecule has 45 heavy (non-hydrogen) atoms. The molecule has 0 bridgehead atoms. The van der Waals surface area contributed by atoms with Crippen LogP contribution in [-0.2, 0) is 33.3 Å². The van der Waals surface area contributed by atoms with Gasteiger partial charge in [-0.3, -0.25) is 9.59 Å². The predicted molar refractivity (Wildman–Crippen MR) is 162 cm³/mol. The minimum Gasteiger partial charge on any atom is -0.481 e. The SMILES string of the molecule is CCCCCCCC(CC(=O)O)OC(=O)CC(CCCCCCC)O[C@H]1O[C@@H](C)[C@H](O)[C@@H](O)[C@H]1O[C@H]1O[C@@H](C)[C@H](O)[C@@H](O)[C@H]1O. The molecule has 12 atom stereocenters. The summed E-state index contributed by atoms with van der Waals surface area (Å²) in [6.45, 7) is 7.24. The van der Waals surface area contributed by atoms with Crippen molar-refractivity contribution >= 4 is 11.9 Å². The Kier molecular flexibility index (Phi) is 18.3. The van der Waals surface area contributed by atoms with E-state index in [1.54, 1.807) is 6.92 Å². The molecule has 0 aromatic rings. The van der Waals surface area contributed by atoms with Crippen LogP contribution in [0.2, 0.25) is 0 Å². The van der Waals surface area contributed by atoms with Gasteiger partial charge in [0.15, 0.2) is 12.6 Å². The summed E-state index contributed by atoms with van der Waals surface area (Å²) in [4.78, 5) is 24.6. The Balaban J connectivity index is 2.16. The van der Waals surface area contributed by atoms with Crippen LogP contribution in [0.3, 0.4) is 0 Å². The van der Waals surface area contributed by atoms with Gasteiger partial charge < -0.3 is 54.3 Å². The van der Waals surface area contributed by atoms with Crippen molar-refractivity contribution in [3.8, 4) is 0 Å². The van der Waals surface area contributed by atoms with Crippen molar-refractivity contribution in [2.75, 3.05) is 0 Å². The molecule has 2 rings (SSSR count). The van der Waals surface area contributed by atoms with E-state index in [1.165, 1.54) is 6.92 Å². The Bertz CT molecular complexity index is 844. The molecule has 2 fully saturated rings. The summed E-state index contributed by atoms with van der Waals surface area (Å²) in [5.41, 5.74) is 0. The van der Waals surface area contributed by atoms with Crippen molar-refractivity contribution in [2.24, 2.45) is 0 Å². The van der Waals surface area contributed by atoms with Gasteiger partial charge in [-0.05, 0) is 33.1 Å². The van der Waals surface area contributed by atoms with Crippen molar-refractivity contribution < 1.29 is 63.9 Å². The first-order valence-electron chi connectivity index (χ1n) is 16.8. The molecule has 0 saturated carbocycles. The molecule has 13 nitrogen and oxygen atoms in total. The first kappa shape index (κ1) is 39.8. The maximum Gasteiger partial charge on any atom is 0.308 e. The highest BCUT2D eigenvalue weighted by atomic mass is 16.8. The number of hydrogen-bond acceptors (Lipinski definition) is 12. The van der Waals surface area contributed by atoms with Gasteiger partial charge >= 0.3 is 11.9 Å². The van der Waals surface area contributed by atoms with E-state index in [1.807, 2.05) is 0 Å². The van der Waals surface area contributed by atoms with Gasteiger partial charge in [0.1, 0.15) is 42.7 Å². The molecule has 2 aliphatic rings. The third kappa shape index (κ3) is 13.3. The molecule has 0 aromatic carbocycles. The Labute approximate surface area is 267 Å². The van der Waals surface area contributed by atoms with Crippen molar-refractivity contribution in [1.29, 1.82) is 0 Å². The van der Waals surface area contributed by atoms with Gasteiger partial charge in [0.2, 0.25) is 0 Å². The highest BCUT2D eigenvalue weighted by molar-refractivity contribution is 5.72. The number of aliphatic hydroxyl groups excluding tert-OH is 5. The zero-order valence-electron chi connectivity index (χ0n) is 27.4. The molecule has 6 N–H and O–H groups in total. The number of carboxylic acids is 1. The van der Waals surface area contributed by atoms with E-state index < -0.39 is 85.6 Å². The van der Waals surface area contributed by atoms with Crippen molar-refractivity contribution in [3.05, 3.63) is 0 Å². The van der Waals surface area contributed by atoms with Gasteiger partial charge in [-0.2, -0.15) is 0 Å². The first-order chi connectivity index (χ1) is 21.4. The van der Waals surface area contributed by atoms with Crippen molar-refractivity contribution in [3.63, 3.8) is 0 Å². The number of ether oxygens (including phenoxy) is 5. The smallest absolute Gasteiger partial charge is 0.308 e. The summed E-state index contributed by atoms with van der Waals surface area (Å²) < 4.78 is 29.1. The topological polar surface area (TPSA) is 202 Å². The highest BCUT2D eigenvalue weighted by Gasteiger charge is 2.50. The predicted octanol–water partition coefficient (Wildman–Crippen LogP) is 2.55. The molecule has 0 aromatic heterocycles. The van der Waals surface area contributed by atoms with Gasteiger partial charge in [0, 0.05) is 0 Å². The Morgan fingerprint density at radius 1 is 0.644 bits per heavy atom. The standard InChI is InChI=1S/C32H58O13/c1-5-7-9-11-13-15-21(17-23(33)34)43-24(35)18-22(16-14-12-10-8-6-2)44-32-30(28(39)26(37)20(4)42-32)45-31-29(40)27(38)25(36)19(3)41-31/h19-22,25-32,36-40H,5-18H2,1-4H3,(H,33,34)/t19-,20-,21?,22?,25-,26-,27+,28+,29+,30+,31+,32+/m0/s1. The van der Waals surface area contributed by atoms with E-state index in [2.05, 4.69) is 13.8 Å². The molecule has 0 spiro atoms.